The van der Waals surface area contributed by atoms with Crippen LogP contribution in [0.2, 0.25) is 0 Å². The molecule has 0 amide bonds. The van der Waals surface area contributed by atoms with Crippen LogP contribution in [0.4, 0.5) is 5.69 Å². The van der Waals surface area contributed by atoms with Gasteiger partial charge in [0.25, 0.3) is 0 Å². The lowest BCUT2D eigenvalue weighted by atomic mass is 9.96. The maximum absolute atomic E-state index is 5.85. The SMILES string of the molecule is Cc1cc(C#CCn2cnc(-c3ccc(N(C)C)cc3)c2)cnc1-c1cn(CC2OCC(C)(C)CO2)cn1. The number of anilines is 1. The van der Waals surface area contributed by atoms with Gasteiger partial charge in [-0.1, -0.05) is 37.8 Å². The van der Waals surface area contributed by atoms with E-state index in [1.165, 1.54) is 0 Å². The minimum absolute atomic E-state index is 0.0583. The number of hydrogen-bond acceptors (Lipinski definition) is 6. The zero-order valence-electron chi connectivity index (χ0n) is 22.7. The molecular formula is C30H34N6O2. The molecule has 0 atom stereocenters. The number of pyridine rings is 1. The molecule has 5 rings (SSSR count). The lowest BCUT2D eigenvalue weighted by Crippen LogP contribution is -2.39. The largest absolute Gasteiger partial charge is 0.378 e. The molecule has 0 aliphatic carbocycles. The molecule has 196 valence electrons. The highest BCUT2D eigenvalue weighted by molar-refractivity contribution is 5.62. The molecule has 0 radical (unpaired) electrons. The van der Waals surface area contributed by atoms with Crippen LogP contribution >= 0.6 is 0 Å². The number of rotatable bonds is 6. The van der Waals surface area contributed by atoms with Crippen molar-refractivity contribution in [1.82, 2.24) is 24.1 Å². The normalized spacial score (nSPS) is 15.2. The molecule has 1 aliphatic rings. The van der Waals surface area contributed by atoms with Gasteiger partial charge in [0.05, 0.1) is 50.3 Å². The minimum atomic E-state index is -0.257. The molecule has 8 nitrogen and oxygen atoms in total. The van der Waals surface area contributed by atoms with E-state index in [0.717, 1.165) is 39.5 Å². The molecule has 38 heavy (non-hydrogen) atoms. The first-order valence-corrected chi connectivity index (χ1v) is 12.8. The average molecular weight is 511 g/mol. The maximum atomic E-state index is 5.85. The average Bonchev–Trinajstić information content (AvgIpc) is 3.55. The molecule has 4 aromatic rings. The highest BCUT2D eigenvalue weighted by Gasteiger charge is 2.28. The number of ether oxygens (including phenoxy) is 2. The number of aryl methyl sites for hydroxylation is 1. The predicted molar refractivity (Wildman–Crippen MR) is 149 cm³/mol. The molecule has 4 heterocycles. The fourth-order valence-electron chi connectivity index (χ4n) is 4.26. The first-order chi connectivity index (χ1) is 18.3. The molecular weight excluding hydrogens is 476 g/mol. The zero-order chi connectivity index (χ0) is 26.7. The second-order valence-electron chi connectivity index (χ2n) is 10.7. The molecule has 3 aromatic heterocycles. The van der Waals surface area contributed by atoms with Crippen molar-refractivity contribution in [2.24, 2.45) is 5.41 Å². The number of nitrogens with zero attached hydrogens (tertiary/aromatic N) is 6. The van der Waals surface area contributed by atoms with E-state index < -0.39 is 0 Å². The molecule has 1 fully saturated rings. The van der Waals surface area contributed by atoms with Crippen molar-refractivity contribution >= 4 is 5.69 Å². The van der Waals surface area contributed by atoms with Crippen molar-refractivity contribution in [1.29, 1.82) is 0 Å². The van der Waals surface area contributed by atoms with E-state index >= 15 is 0 Å². The van der Waals surface area contributed by atoms with Crippen molar-refractivity contribution in [3.8, 4) is 34.5 Å². The smallest absolute Gasteiger partial charge is 0.175 e. The van der Waals surface area contributed by atoms with Crippen LogP contribution in [0.3, 0.4) is 0 Å². The van der Waals surface area contributed by atoms with E-state index in [1.54, 1.807) is 12.5 Å². The fourth-order valence-corrected chi connectivity index (χ4v) is 4.26. The lowest BCUT2D eigenvalue weighted by Gasteiger charge is -2.34. The van der Waals surface area contributed by atoms with Crippen molar-refractivity contribution in [2.75, 3.05) is 32.2 Å². The second-order valence-corrected chi connectivity index (χ2v) is 10.7. The van der Waals surface area contributed by atoms with Gasteiger partial charge in [-0.3, -0.25) is 4.98 Å². The summed E-state index contributed by atoms with van der Waals surface area (Å²) >= 11 is 0. The van der Waals surface area contributed by atoms with E-state index in [-0.39, 0.29) is 11.7 Å². The number of aromatic nitrogens is 5. The summed E-state index contributed by atoms with van der Waals surface area (Å²) in [5.74, 6) is 6.45. The highest BCUT2D eigenvalue weighted by Crippen LogP contribution is 2.25. The molecule has 0 spiro atoms. The first-order valence-electron chi connectivity index (χ1n) is 12.8. The lowest BCUT2D eigenvalue weighted by molar-refractivity contribution is -0.226. The van der Waals surface area contributed by atoms with Crippen LogP contribution in [0, 0.1) is 24.2 Å². The van der Waals surface area contributed by atoms with Gasteiger partial charge in [-0.05, 0) is 30.7 Å². The van der Waals surface area contributed by atoms with Gasteiger partial charge in [0.1, 0.15) is 5.69 Å². The standard InChI is InChI=1S/C30H34N6O2/c1-22-13-23(7-6-12-35-15-26(32-20-35)24-8-10-25(11-9-24)34(4)5)14-31-29(22)27-16-36(21-33-27)17-28-37-18-30(2,3)19-38-28/h8-11,13-16,20-21,28H,12,17-19H2,1-5H3. The molecule has 0 saturated carbocycles. The Balaban J connectivity index is 1.19. The summed E-state index contributed by atoms with van der Waals surface area (Å²) in [5, 5.41) is 0. The molecule has 0 unspecified atom stereocenters. The Bertz CT molecular complexity index is 1450. The van der Waals surface area contributed by atoms with Crippen LogP contribution in [-0.2, 0) is 22.6 Å². The summed E-state index contributed by atoms with van der Waals surface area (Å²) in [7, 11) is 4.07. The van der Waals surface area contributed by atoms with Crippen LogP contribution in [0.5, 0.6) is 0 Å². The summed E-state index contributed by atoms with van der Waals surface area (Å²) in [6.07, 6.45) is 9.16. The van der Waals surface area contributed by atoms with Gasteiger partial charge in [-0.2, -0.15) is 0 Å². The summed E-state index contributed by atoms with van der Waals surface area (Å²) in [4.78, 5) is 15.8. The zero-order valence-corrected chi connectivity index (χ0v) is 22.7. The summed E-state index contributed by atoms with van der Waals surface area (Å²) in [5.41, 5.74) is 6.81. The van der Waals surface area contributed by atoms with Crippen LogP contribution in [0.15, 0.2) is 61.6 Å². The van der Waals surface area contributed by atoms with Gasteiger partial charge in [0.15, 0.2) is 6.29 Å². The van der Waals surface area contributed by atoms with E-state index in [1.807, 2.05) is 48.9 Å². The van der Waals surface area contributed by atoms with Crippen LogP contribution in [0.1, 0.15) is 25.0 Å². The number of hydrogen-bond donors (Lipinski definition) is 0. The maximum Gasteiger partial charge on any atom is 0.175 e. The van der Waals surface area contributed by atoms with E-state index in [4.69, 9.17) is 9.47 Å². The molecule has 1 aliphatic heterocycles. The first kappa shape index (κ1) is 25.7. The van der Waals surface area contributed by atoms with Crippen LogP contribution < -0.4 is 4.90 Å². The summed E-state index contributed by atoms with van der Waals surface area (Å²) < 4.78 is 15.7. The Morgan fingerprint density at radius 2 is 1.66 bits per heavy atom. The third kappa shape index (κ3) is 6.13. The molecule has 0 bridgehead atoms. The molecule has 8 heteroatoms. The van der Waals surface area contributed by atoms with Gasteiger partial charge in [-0.25, -0.2) is 9.97 Å². The van der Waals surface area contributed by atoms with Gasteiger partial charge >= 0.3 is 0 Å². The van der Waals surface area contributed by atoms with Crippen molar-refractivity contribution in [3.05, 3.63) is 72.7 Å². The third-order valence-corrected chi connectivity index (χ3v) is 6.44. The van der Waals surface area contributed by atoms with E-state index in [9.17, 15) is 0 Å². The van der Waals surface area contributed by atoms with E-state index in [0.29, 0.717) is 26.3 Å². The third-order valence-electron chi connectivity index (χ3n) is 6.44. The van der Waals surface area contributed by atoms with Crippen molar-refractivity contribution < 1.29 is 9.47 Å². The number of imidazole rings is 2. The van der Waals surface area contributed by atoms with Gasteiger partial charge in [0.2, 0.25) is 0 Å². The molecule has 0 N–H and O–H groups in total. The van der Waals surface area contributed by atoms with Gasteiger partial charge < -0.3 is 23.5 Å². The quantitative estimate of drug-likeness (QED) is 0.352. The van der Waals surface area contributed by atoms with E-state index in [2.05, 4.69) is 75.9 Å². The summed E-state index contributed by atoms with van der Waals surface area (Å²) in [6, 6.07) is 10.4. The van der Waals surface area contributed by atoms with Crippen LogP contribution in [-0.4, -0.2) is 57.7 Å². The highest BCUT2D eigenvalue weighted by atomic mass is 16.7. The Morgan fingerprint density at radius 3 is 2.37 bits per heavy atom. The second kappa shape index (κ2) is 10.8. The van der Waals surface area contributed by atoms with Crippen molar-refractivity contribution in [3.63, 3.8) is 0 Å². The van der Waals surface area contributed by atoms with Gasteiger partial charge in [0, 0.05) is 54.9 Å². The topological polar surface area (TPSA) is 70.2 Å². The fraction of sp³-hybridized carbons (Fsp3) is 0.367. The Morgan fingerprint density at radius 1 is 0.974 bits per heavy atom. The Kier molecular flexibility index (Phi) is 7.32. The molecule has 1 aromatic carbocycles. The van der Waals surface area contributed by atoms with Gasteiger partial charge in [-0.15, -0.1) is 0 Å². The Labute approximate surface area is 224 Å². The number of benzene rings is 1. The summed E-state index contributed by atoms with van der Waals surface area (Å²) in [6.45, 7) is 8.85. The Hall–Kier alpha value is -3.93. The monoisotopic (exact) mass is 510 g/mol. The minimum Gasteiger partial charge on any atom is -0.378 e. The predicted octanol–water partition coefficient (Wildman–Crippen LogP) is 4.63. The molecule has 1 saturated heterocycles. The van der Waals surface area contributed by atoms with Crippen LogP contribution in [0.25, 0.3) is 22.6 Å². The van der Waals surface area contributed by atoms with Crippen molar-refractivity contribution in [2.45, 2.75) is 40.2 Å².